The van der Waals surface area contributed by atoms with Gasteiger partial charge in [0.2, 0.25) is 5.95 Å². The highest BCUT2D eigenvalue weighted by Gasteiger charge is 1.99. The van der Waals surface area contributed by atoms with Crippen molar-refractivity contribution in [1.82, 2.24) is 4.98 Å². The third kappa shape index (κ3) is 1.75. The monoisotopic (exact) mass is 164 g/mol. The molecular weight excluding hydrogens is 155 g/mol. The molecule has 62 valence electrons. The molecule has 12 heavy (non-hydrogen) atoms. The molecule has 0 fully saturated rings. The van der Waals surface area contributed by atoms with E-state index in [4.69, 9.17) is 0 Å². The summed E-state index contributed by atoms with van der Waals surface area (Å²) in [5, 5.41) is 0. The first-order valence-electron chi connectivity index (χ1n) is 3.55. The maximum Gasteiger partial charge on any atom is 0.213 e. The minimum Gasteiger partial charge on any atom is -0.259 e. The maximum absolute atomic E-state index is 12.6. The molecular formula is C9H9FN2. The zero-order valence-electron chi connectivity index (χ0n) is 6.79. The van der Waals surface area contributed by atoms with E-state index in [1.807, 2.05) is 0 Å². The number of aromatic nitrogens is 1. The molecule has 1 aromatic heterocycles. The Hall–Kier alpha value is -1.51. The van der Waals surface area contributed by atoms with Crippen LogP contribution in [-0.2, 0) is 0 Å². The Kier molecular flexibility index (Phi) is 2.69. The molecule has 1 heterocycles. The van der Waals surface area contributed by atoms with E-state index in [9.17, 15) is 4.39 Å². The minimum atomic E-state index is -0.514. The lowest BCUT2D eigenvalue weighted by Gasteiger charge is -1.97. The second kappa shape index (κ2) is 3.76. The Morgan fingerprint density at radius 1 is 1.58 bits per heavy atom. The SMILES string of the molecule is C=Cc1nc(F)ccc1N=CC. The highest BCUT2D eigenvalue weighted by Crippen LogP contribution is 2.17. The van der Waals surface area contributed by atoms with Gasteiger partial charge in [-0.05, 0) is 25.1 Å². The Morgan fingerprint density at radius 3 is 2.92 bits per heavy atom. The first-order chi connectivity index (χ1) is 5.77. The van der Waals surface area contributed by atoms with Crippen LogP contribution in [0.2, 0.25) is 0 Å². The van der Waals surface area contributed by atoms with Gasteiger partial charge in [0.05, 0.1) is 11.4 Å². The van der Waals surface area contributed by atoms with Crippen molar-refractivity contribution >= 4 is 18.0 Å². The van der Waals surface area contributed by atoms with Crippen LogP contribution in [0.25, 0.3) is 6.08 Å². The molecule has 3 heteroatoms. The fourth-order valence-electron chi connectivity index (χ4n) is 0.841. The van der Waals surface area contributed by atoms with E-state index in [-0.39, 0.29) is 0 Å². The Labute approximate surface area is 70.5 Å². The van der Waals surface area contributed by atoms with Gasteiger partial charge in [0.1, 0.15) is 0 Å². The summed E-state index contributed by atoms with van der Waals surface area (Å²) >= 11 is 0. The van der Waals surface area contributed by atoms with Crippen molar-refractivity contribution in [1.29, 1.82) is 0 Å². The van der Waals surface area contributed by atoms with Crippen LogP contribution in [0.3, 0.4) is 0 Å². The third-order valence-electron chi connectivity index (χ3n) is 1.33. The molecule has 0 atom stereocenters. The summed E-state index contributed by atoms with van der Waals surface area (Å²) < 4.78 is 12.6. The predicted octanol–water partition coefficient (Wildman–Crippen LogP) is 2.59. The summed E-state index contributed by atoms with van der Waals surface area (Å²) in [4.78, 5) is 7.60. The molecule has 0 aliphatic carbocycles. The maximum atomic E-state index is 12.6. The summed E-state index contributed by atoms with van der Waals surface area (Å²) in [6, 6.07) is 2.84. The van der Waals surface area contributed by atoms with Gasteiger partial charge in [0, 0.05) is 6.21 Å². The van der Waals surface area contributed by atoms with Crippen molar-refractivity contribution in [3.8, 4) is 0 Å². The van der Waals surface area contributed by atoms with Crippen LogP contribution in [0.15, 0.2) is 23.7 Å². The lowest BCUT2D eigenvalue weighted by Crippen LogP contribution is -1.86. The van der Waals surface area contributed by atoms with Crippen molar-refractivity contribution in [3.05, 3.63) is 30.4 Å². The van der Waals surface area contributed by atoms with Crippen LogP contribution in [0, 0.1) is 5.95 Å². The van der Waals surface area contributed by atoms with Crippen molar-refractivity contribution in [2.75, 3.05) is 0 Å². The van der Waals surface area contributed by atoms with E-state index in [0.29, 0.717) is 11.4 Å². The van der Waals surface area contributed by atoms with Gasteiger partial charge < -0.3 is 0 Å². The van der Waals surface area contributed by atoms with E-state index in [1.165, 1.54) is 12.1 Å². The van der Waals surface area contributed by atoms with Crippen molar-refractivity contribution in [3.63, 3.8) is 0 Å². The fourth-order valence-corrected chi connectivity index (χ4v) is 0.841. The molecule has 0 saturated carbocycles. The molecule has 0 radical (unpaired) electrons. The summed E-state index contributed by atoms with van der Waals surface area (Å²) in [7, 11) is 0. The zero-order chi connectivity index (χ0) is 8.97. The van der Waals surface area contributed by atoms with Gasteiger partial charge in [0.15, 0.2) is 0 Å². The number of hydrogen-bond donors (Lipinski definition) is 0. The number of nitrogens with zero attached hydrogens (tertiary/aromatic N) is 2. The fraction of sp³-hybridized carbons (Fsp3) is 0.111. The van der Waals surface area contributed by atoms with Gasteiger partial charge in [-0.3, -0.25) is 4.99 Å². The molecule has 0 bridgehead atoms. The van der Waals surface area contributed by atoms with E-state index in [2.05, 4.69) is 16.6 Å². The number of pyridine rings is 1. The Bertz CT molecular complexity index is 318. The average Bonchev–Trinajstić information content (AvgIpc) is 2.08. The third-order valence-corrected chi connectivity index (χ3v) is 1.33. The van der Waals surface area contributed by atoms with Crippen molar-refractivity contribution in [2.24, 2.45) is 4.99 Å². The second-order valence-electron chi connectivity index (χ2n) is 2.13. The molecule has 0 N–H and O–H groups in total. The number of rotatable bonds is 2. The quantitative estimate of drug-likeness (QED) is 0.487. The van der Waals surface area contributed by atoms with Crippen LogP contribution in [0.4, 0.5) is 10.1 Å². The van der Waals surface area contributed by atoms with Crippen LogP contribution in [0.1, 0.15) is 12.6 Å². The molecule has 1 rings (SSSR count). The van der Waals surface area contributed by atoms with Gasteiger partial charge in [-0.1, -0.05) is 6.58 Å². The molecule has 2 nitrogen and oxygen atoms in total. The number of aliphatic imine (C=N–C) groups is 1. The number of hydrogen-bond acceptors (Lipinski definition) is 2. The van der Waals surface area contributed by atoms with Gasteiger partial charge in [-0.15, -0.1) is 0 Å². The van der Waals surface area contributed by atoms with Crippen LogP contribution in [-0.4, -0.2) is 11.2 Å². The predicted molar refractivity (Wildman–Crippen MR) is 48.1 cm³/mol. The van der Waals surface area contributed by atoms with E-state index >= 15 is 0 Å². The van der Waals surface area contributed by atoms with Gasteiger partial charge >= 0.3 is 0 Å². The van der Waals surface area contributed by atoms with Crippen LogP contribution < -0.4 is 0 Å². The summed E-state index contributed by atoms with van der Waals surface area (Å²) in [6.07, 6.45) is 3.10. The smallest absolute Gasteiger partial charge is 0.213 e. The molecule has 0 aliphatic heterocycles. The molecule has 0 aliphatic rings. The lowest BCUT2D eigenvalue weighted by atomic mass is 10.3. The summed E-state index contributed by atoms with van der Waals surface area (Å²) in [5.74, 6) is -0.514. The van der Waals surface area contributed by atoms with Crippen LogP contribution >= 0.6 is 0 Å². The topological polar surface area (TPSA) is 25.2 Å². The Balaban J connectivity index is 3.19. The van der Waals surface area contributed by atoms with Crippen molar-refractivity contribution < 1.29 is 4.39 Å². The molecule has 0 amide bonds. The first kappa shape index (κ1) is 8.59. The molecule has 0 saturated heterocycles. The molecule has 0 aromatic carbocycles. The van der Waals surface area contributed by atoms with Crippen LogP contribution in [0.5, 0.6) is 0 Å². The van der Waals surface area contributed by atoms with E-state index < -0.39 is 5.95 Å². The summed E-state index contributed by atoms with van der Waals surface area (Å²) in [6.45, 7) is 5.30. The Morgan fingerprint density at radius 2 is 2.33 bits per heavy atom. The summed E-state index contributed by atoms with van der Waals surface area (Å²) in [5.41, 5.74) is 1.10. The molecule has 0 unspecified atom stereocenters. The largest absolute Gasteiger partial charge is 0.259 e. The standard InChI is InChI=1S/C9H9FN2/c1-3-7-8(11-4-2)5-6-9(10)12-7/h3-6H,1H2,2H3. The highest BCUT2D eigenvalue weighted by molar-refractivity contribution is 5.66. The van der Waals surface area contributed by atoms with E-state index in [0.717, 1.165) is 0 Å². The van der Waals surface area contributed by atoms with Gasteiger partial charge in [0.25, 0.3) is 0 Å². The number of halogens is 1. The van der Waals surface area contributed by atoms with Crippen molar-refractivity contribution in [2.45, 2.75) is 6.92 Å². The minimum absolute atomic E-state index is 0.466. The van der Waals surface area contributed by atoms with E-state index in [1.54, 1.807) is 19.2 Å². The first-order valence-corrected chi connectivity index (χ1v) is 3.55. The lowest BCUT2D eigenvalue weighted by molar-refractivity contribution is 0.583. The normalized spacial score (nSPS) is 10.5. The average molecular weight is 164 g/mol. The highest BCUT2D eigenvalue weighted by atomic mass is 19.1. The second-order valence-corrected chi connectivity index (χ2v) is 2.13. The van der Waals surface area contributed by atoms with Gasteiger partial charge in [-0.2, -0.15) is 4.39 Å². The molecule has 1 aromatic rings. The zero-order valence-corrected chi connectivity index (χ0v) is 6.79. The van der Waals surface area contributed by atoms with Gasteiger partial charge in [-0.25, -0.2) is 4.98 Å². The molecule has 0 spiro atoms.